The molecule has 0 bridgehead atoms. The molecule has 0 aliphatic heterocycles. The number of rotatable bonds is 2. The molecule has 0 saturated carbocycles. The molecule has 3 nitrogen and oxygen atoms in total. The third-order valence-corrected chi connectivity index (χ3v) is 1.99. The highest BCUT2D eigenvalue weighted by Crippen LogP contribution is 2.46. The van der Waals surface area contributed by atoms with Crippen molar-refractivity contribution in [2.75, 3.05) is 6.16 Å². The molecule has 62 valence electrons. The topological polar surface area (TPSA) is 60.7 Å². The molecule has 0 fully saturated rings. The number of hydrogen-bond donors (Lipinski definition) is 3. The van der Waals surface area contributed by atoms with Crippen molar-refractivity contribution in [2.24, 2.45) is 5.41 Å². The van der Waals surface area contributed by atoms with Crippen molar-refractivity contribution in [2.45, 2.75) is 27.2 Å². The average Bonchev–Trinajstić information content (AvgIpc) is 1.57. The maximum absolute atomic E-state index is 8.60. The highest BCUT2D eigenvalue weighted by molar-refractivity contribution is 7.58. The third-order valence-electron chi connectivity index (χ3n) is 1.16. The van der Waals surface area contributed by atoms with Gasteiger partial charge in [-0.05, 0) is 11.8 Å². The predicted molar refractivity (Wildman–Crippen MR) is 42.5 cm³/mol. The molecule has 0 aromatic heterocycles. The molecule has 0 aromatic carbocycles. The minimum Gasteiger partial charge on any atom is -0.193 e. The summed E-state index contributed by atoms with van der Waals surface area (Å²) in [6.07, 6.45) is 0.737. The number of hydrogen-bond acceptors (Lipinski definition) is 3. The second kappa shape index (κ2) is 3.14. The normalized spacial score (nSPS) is 13.8. The Morgan fingerprint density at radius 3 is 1.60 bits per heavy atom. The largest absolute Gasteiger partial charge is 0.403 e. The van der Waals surface area contributed by atoms with Gasteiger partial charge in [-0.25, -0.2) is 0 Å². The molecule has 0 saturated heterocycles. The van der Waals surface area contributed by atoms with Gasteiger partial charge in [0.15, 0.2) is 0 Å². The van der Waals surface area contributed by atoms with Crippen LogP contribution in [-0.2, 0) is 0 Å². The first-order valence-electron chi connectivity index (χ1n) is 3.27. The van der Waals surface area contributed by atoms with E-state index in [1.165, 1.54) is 0 Å². The lowest BCUT2D eigenvalue weighted by molar-refractivity contribution is 0.311. The summed E-state index contributed by atoms with van der Waals surface area (Å²) in [5.41, 5.74) is 0.0550. The van der Waals surface area contributed by atoms with E-state index in [0.717, 1.165) is 0 Å². The van der Waals surface area contributed by atoms with Gasteiger partial charge in [0.2, 0.25) is 0 Å². The molecular formula is C6H16O3P+. The Morgan fingerprint density at radius 1 is 1.10 bits per heavy atom. The molecule has 0 unspecified atom stereocenters. The maximum Gasteiger partial charge on any atom is 0.403 e. The highest BCUT2D eigenvalue weighted by atomic mass is 31.2. The zero-order chi connectivity index (χ0) is 8.41. The van der Waals surface area contributed by atoms with Crippen LogP contribution >= 0.6 is 7.94 Å². The van der Waals surface area contributed by atoms with E-state index in [1.807, 2.05) is 20.8 Å². The summed E-state index contributed by atoms with van der Waals surface area (Å²) >= 11 is 0. The molecule has 0 aliphatic rings. The first-order valence-corrected chi connectivity index (χ1v) is 5.10. The molecule has 0 atom stereocenters. The van der Waals surface area contributed by atoms with E-state index in [2.05, 4.69) is 0 Å². The molecule has 10 heavy (non-hydrogen) atoms. The van der Waals surface area contributed by atoms with Crippen LogP contribution in [0.25, 0.3) is 0 Å². The van der Waals surface area contributed by atoms with E-state index >= 15 is 0 Å². The van der Waals surface area contributed by atoms with Gasteiger partial charge in [0, 0.05) is 0 Å². The van der Waals surface area contributed by atoms with Crippen molar-refractivity contribution in [1.82, 2.24) is 0 Å². The van der Waals surface area contributed by atoms with E-state index in [1.54, 1.807) is 0 Å². The van der Waals surface area contributed by atoms with Crippen LogP contribution in [0.15, 0.2) is 0 Å². The van der Waals surface area contributed by atoms with Gasteiger partial charge in [-0.2, -0.15) is 14.7 Å². The summed E-state index contributed by atoms with van der Waals surface area (Å²) in [6, 6.07) is 0. The van der Waals surface area contributed by atoms with E-state index < -0.39 is 7.94 Å². The van der Waals surface area contributed by atoms with Crippen molar-refractivity contribution in [3.05, 3.63) is 0 Å². The van der Waals surface area contributed by atoms with Crippen LogP contribution in [-0.4, -0.2) is 20.8 Å². The van der Waals surface area contributed by atoms with Gasteiger partial charge in [-0.15, -0.1) is 0 Å². The zero-order valence-electron chi connectivity index (χ0n) is 6.70. The molecule has 0 amide bonds. The van der Waals surface area contributed by atoms with Crippen molar-refractivity contribution >= 4 is 7.94 Å². The summed E-state index contributed by atoms with van der Waals surface area (Å²) in [6.45, 7) is 5.97. The molecule has 0 rings (SSSR count). The lowest BCUT2D eigenvalue weighted by Gasteiger charge is -2.16. The average molecular weight is 167 g/mol. The standard InChI is InChI=1S/C6H16O3P/c1-6(2,3)4-5-10(7,8)9/h7-9H,4-5H2,1-3H3/q+1. The fraction of sp³-hybridized carbons (Fsp3) is 1.00. The molecule has 0 heterocycles. The van der Waals surface area contributed by atoms with Crippen molar-refractivity contribution < 1.29 is 14.7 Å². The Hall–Kier alpha value is 0.310. The van der Waals surface area contributed by atoms with Crippen LogP contribution in [0.3, 0.4) is 0 Å². The fourth-order valence-electron chi connectivity index (χ4n) is 0.485. The molecule has 0 radical (unpaired) electrons. The Morgan fingerprint density at radius 2 is 1.50 bits per heavy atom. The molecule has 0 spiro atoms. The second-order valence-electron chi connectivity index (χ2n) is 3.73. The van der Waals surface area contributed by atoms with E-state index in [0.29, 0.717) is 6.42 Å². The van der Waals surface area contributed by atoms with Gasteiger partial charge in [0.05, 0.1) is 0 Å². The molecular weight excluding hydrogens is 151 g/mol. The molecule has 0 aromatic rings. The minimum atomic E-state index is -3.51. The first kappa shape index (κ1) is 10.3. The van der Waals surface area contributed by atoms with Crippen LogP contribution < -0.4 is 0 Å². The molecule has 4 heteroatoms. The van der Waals surface area contributed by atoms with Crippen LogP contribution in [0, 0.1) is 5.41 Å². The summed E-state index contributed by atoms with van der Waals surface area (Å²) in [5, 5.41) is 0. The van der Waals surface area contributed by atoms with Crippen LogP contribution in [0.5, 0.6) is 0 Å². The van der Waals surface area contributed by atoms with E-state index in [9.17, 15) is 0 Å². The predicted octanol–water partition coefficient (Wildman–Crippen LogP) is 1.16. The lowest BCUT2D eigenvalue weighted by Crippen LogP contribution is -2.09. The minimum absolute atomic E-state index is 0.0550. The van der Waals surface area contributed by atoms with Crippen LogP contribution in [0.1, 0.15) is 27.2 Å². The zero-order valence-corrected chi connectivity index (χ0v) is 7.60. The summed E-state index contributed by atoms with van der Waals surface area (Å²) in [4.78, 5) is 25.8. The highest BCUT2D eigenvalue weighted by Gasteiger charge is 2.31. The maximum atomic E-state index is 8.60. The fourth-order valence-corrected chi connectivity index (χ4v) is 1.46. The monoisotopic (exact) mass is 167 g/mol. The SMILES string of the molecule is CC(C)(C)CC[P+](O)(O)O. The van der Waals surface area contributed by atoms with Gasteiger partial charge in [0.1, 0.15) is 6.16 Å². The van der Waals surface area contributed by atoms with E-state index in [-0.39, 0.29) is 11.6 Å². The Labute approximate surface area is 62.3 Å². The van der Waals surface area contributed by atoms with Crippen molar-refractivity contribution in [3.63, 3.8) is 0 Å². The molecule has 3 N–H and O–H groups in total. The van der Waals surface area contributed by atoms with Gasteiger partial charge in [-0.3, -0.25) is 0 Å². The van der Waals surface area contributed by atoms with Crippen molar-refractivity contribution in [3.8, 4) is 0 Å². The summed E-state index contributed by atoms with van der Waals surface area (Å²) in [7, 11) is -3.51. The van der Waals surface area contributed by atoms with E-state index in [4.69, 9.17) is 14.7 Å². The third kappa shape index (κ3) is 8.31. The van der Waals surface area contributed by atoms with Crippen LogP contribution in [0.2, 0.25) is 0 Å². The van der Waals surface area contributed by atoms with Crippen LogP contribution in [0.4, 0.5) is 0 Å². The van der Waals surface area contributed by atoms with Gasteiger partial charge < -0.3 is 0 Å². The molecule has 0 aliphatic carbocycles. The Balaban J connectivity index is 3.56. The summed E-state index contributed by atoms with van der Waals surface area (Å²) in [5.74, 6) is 0. The van der Waals surface area contributed by atoms with Gasteiger partial charge >= 0.3 is 7.94 Å². The smallest absolute Gasteiger partial charge is 0.193 e. The second-order valence-corrected chi connectivity index (χ2v) is 5.56. The quantitative estimate of drug-likeness (QED) is 0.541. The Bertz CT molecular complexity index is 86.5. The van der Waals surface area contributed by atoms with Gasteiger partial charge in [0.25, 0.3) is 0 Å². The first-order chi connectivity index (χ1) is 4.21. The van der Waals surface area contributed by atoms with Gasteiger partial charge in [-0.1, -0.05) is 20.8 Å². The Kier molecular flexibility index (Phi) is 3.24. The summed E-state index contributed by atoms with van der Waals surface area (Å²) < 4.78 is 0. The lowest BCUT2D eigenvalue weighted by atomic mass is 9.94. The van der Waals surface area contributed by atoms with Crippen molar-refractivity contribution in [1.29, 1.82) is 0 Å².